The Bertz CT molecular complexity index is 1080. The summed E-state index contributed by atoms with van der Waals surface area (Å²) >= 11 is 0. The van der Waals surface area contributed by atoms with E-state index in [9.17, 15) is 8.42 Å². The quantitative estimate of drug-likeness (QED) is 0.706. The van der Waals surface area contributed by atoms with Gasteiger partial charge in [-0.1, -0.05) is 35.9 Å². The zero-order valence-corrected chi connectivity index (χ0v) is 15.6. The molecule has 0 aliphatic carbocycles. The molecule has 25 heavy (non-hydrogen) atoms. The number of rotatable bonds is 2. The van der Waals surface area contributed by atoms with Gasteiger partial charge in [0.05, 0.1) is 11.4 Å². The van der Waals surface area contributed by atoms with Crippen molar-refractivity contribution in [1.82, 2.24) is 8.87 Å². The van der Waals surface area contributed by atoms with E-state index in [1.54, 1.807) is 10.4 Å². The normalized spacial score (nSPS) is 15.5. The molecule has 0 unspecified atom stereocenters. The van der Waals surface area contributed by atoms with E-state index in [0.29, 0.717) is 18.0 Å². The van der Waals surface area contributed by atoms with Gasteiger partial charge in [0.25, 0.3) is 0 Å². The molecule has 0 spiro atoms. The van der Waals surface area contributed by atoms with Gasteiger partial charge in [0, 0.05) is 30.2 Å². The van der Waals surface area contributed by atoms with E-state index in [0.717, 1.165) is 23.2 Å². The Morgan fingerprint density at radius 2 is 1.80 bits per heavy atom. The maximum atomic E-state index is 13.2. The van der Waals surface area contributed by atoms with Crippen LogP contribution < -0.4 is 0 Å². The molecule has 1 aliphatic heterocycles. The zero-order valence-electron chi connectivity index (χ0n) is 14.8. The lowest BCUT2D eigenvalue weighted by atomic mass is 10.1. The molecular weight excluding hydrogens is 332 g/mol. The van der Waals surface area contributed by atoms with Crippen molar-refractivity contribution in [2.45, 2.75) is 31.7 Å². The van der Waals surface area contributed by atoms with E-state index < -0.39 is 10.0 Å². The van der Waals surface area contributed by atoms with Crippen molar-refractivity contribution < 1.29 is 8.42 Å². The van der Waals surface area contributed by atoms with Crippen LogP contribution >= 0.6 is 0 Å². The van der Waals surface area contributed by atoms with E-state index in [1.165, 1.54) is 16.5 Å². The van der Waals surface area contributed by atoms with Crippen molar-refractivity contribution in [3.8, 4) is 0 Å². The highest BCUT2D eigenvalue weighted by molar-refractivity contribution is 7.89. The third kappa shape index (κ3) is 2.50. The second kappa shape index (κ2) is 5.71. The van der Waals surface area contributed by atoms with Crippen molar-refractivity contribution in [3.05, 3.63) is 64.8 Å². The van der Waals surface area contributed by atoms with Gasteiger partial charge in [-0.05, 0) is 43.5 Å². The van der Waals surface area contributed by atoms with Crippen LogP contribution in [0.5, 0.6) is 0 Å². The predicted molar refractivity (Wildman–Crippen MR) is 100 cm³/mol. The molecule has 0 N–H and O–H groups in total. The van der Waals surface area contributed by atoms with Crippen LogP contribution in [0.4, 0.5) is 0 Å². The Balaban J connectivity index is 1.77. The largest absolute Gasteiger partial charge is 0.346 e. The number of para-hydroxylation sites is 1. The Kier molecular flexibility index (Phi) is 3.74. The molecule has 5 heteroatoms. The first kappa shape index (κ1) is 16.4. The lowest BCUT2D eigenvalue weighted by Crippen LogP contribution is -2.36. The predicted octanol–water partition coefficient (Wildman–Crippen LogP) is 3.54. The van der Waals surface area contributed by atoms with Crippen LogP contribution in [-0.2, 0) is 30.0 Å². The van der Waals surface area contributed by atoms with E-state index in [4.69, 9.17) is 0 Å². The smallest absolute Gasteiger partial charge is 0.243 e. The minimum atomic E-state index is -3.49. The van der Waals surface area contributed by atoms with Gasteiger partial charge in [-0.3, -0.25) is 0 Å². The molecule has 0 radical (unpaired) electrons. The fraction of sp³-hybridized carbons (Fsp3) is 0.300. The van der Waals surface area contributed by atoms with Crippen LogP contribution in [-0.4, -0.2) is 23.8 Å². The van der Waals surface area contributed by atoms with Crippen LogP contribution in [0.1, 0.15) is 22.4 Å². The molecule has 3 aromatic rings. The molecule has 0 saturated heterocycles. The number of fused-ring (bicyclic) bond motifs is 3. The summed E-state index contributed by atoms with van der Waals surface area (Å²) in [6.07, 6.45) is 0.751. The van der Waals surface area contributed by atoms with Crippen LogP contribution in [0.25, 0.3) is 10.9 Å². The molecular formula is C20H22N2O2S. The van der Waals surface area contributed by atoms with Crippen LogP contribution in [0.3, 0.4) is 0 Å². The SMILES string of the molecule is Cc1ccc(S(=O)(=O)N2CCc3c(n(C)c4ccccc34)C2)c(C)c1. The van der Waals surface area contributed by atoms with E-state index >= 15 is 0 Å². The van der Waals surface area contributed by atoms with Crippen molar-refractivity contribution in [2.24, 2.45) is 7.05 Å². The maximum Gasteiger partial charge on any atom is 0.243 e. The molecule has 0 bridgehead atoms. The molecule has 2 heterocycles. The fourth-order valence-electron chi connectivity index (χ4n) is 3.92. The van der Waals surface area contributed by atoms with Gasteiger partial charge in [-0.25, -0.2) is 8.42 Å². The number of aryl methyl sites for hydroxylation is 3. The van der Waals surface area contributed by atoms with Crippen molar-refractivity contribution in [1.29, 1.82) is 0 Å². The first-order valence-corrected chi connectivity index (χ1v) is 9.96. The molecule has 0 fully saturated rings. The van der Waals surface area contributed by atoms with Crippen molar-refractivity contribution >= 4 is 20.9 Å². The number of hydrogen-bond acceptors (Lipinski definition) is 2. The number of nitrogens with zero attached hydrogens (tertiary/aromatic N) is 2. The highest BCUT2D eigenvalue weighted by Crippen LogP contribution is 2.32. The van der Waals surface area contributed by atoms with Crippen molar-refractivity contribution in [3.63, 3.8) is 0 Å². The van der Waals surface area contributed by atoms with Gasteiger partial charge in [-0.2, -0.15) is 4.31 Å². The monoisotopic (exact) mass is 354 g/mol. The summed E-state index contributed by atoms with van der Waals surface area (Å²) < 4.78 is 30.1. The summed E-state index contributed by atoms with van der Waals surface area (Å²) in [6, 6.07) is 13.8. The number of benzene rings is 2. The Labute approximate surface area is 148 Å². The Morgan fingerprint density at radius 3 is 2.56 bits per heavy atom. The van der Waals surface area contributed by atoms with E-state index in [-0.39, 0.29) is 0 Å². The molecule has 1 aromatic heterocycles. The van der Waals surface area contributed by atoms with E-state index in [1.807, 2.05) is 45.2 Å². The summed E-state index contributed by atoms with van der Waals surface area (Å²) in [5.41, 5.74) is 5.43. The summed E-state index contributed by atoms with van der Waals surface area (Å²) in [4.78, 5) is 0.417. The molecule has 1 aliphatic rings. The van der Waals surface area contributed by atoms with Gasteiger partial charge < -0.3 is 4.57 Å². The minimum Gasteiger partial charge on any atom is -0.346 e. The fourth-order valence-corrected chi connectivity index (χ4v) is 5.53. The first-order chi connectivity index (χ1) is 11.9. The standard InChI is InChI=1S/C20H22N2O2S/c1-14-8-9-20(15(2)12-14)25(23,24)22-11-10-17-16-6-4-5-7-18(16)21(3)19(17)13-22/h4-9,12H,10-11,13H2,1-3H3. The lowest BCUT2D eigenvalue weighted by Gasteiger charge is -2.28. The summed E-state index contributed by atoms with van der Waals surface area (Å²) in [5, 5.41) is 1.24. The number of aromatic nitrogens is 1. The first-order valence-electron chi connectivity index (χ1n) is 8.52. The van der Waals surface area contributed by atoms with Crippen LogP contribution in [0.15, 0.2) is 47.4 Å². The average molecular weight is 354 g/mol. The molecule has 2 aromatic carbocycles. The molecule has 130 valence electrons. The number of hydrogen-bond donors (Lipinski definition) is 0. The highest BCUT2D eigenvalue weighted by atomic mass is 32.2. The van der Waals surface area contributed by atoms with Gasteiger partial charge in [-0.15, -0.1) is 0 Å². The average Bonchev–Trinajstić information content (AvgIpc) is 2.87. The number of sulfonamides is 1. The van der Waals surface area contributed by atoms with Crippen molar-refractivity contribution in [2.75, 3.05) is 6.54 Å². The second-order valence-corrected chi connectivity index (χ2v) is 8.77. The molecule has 4 nitrogen and oxygen atoms in total. The highest BCUT2D eigenvalue weighted by Gasteiger charge is 2.31. The van der Waals surface area contributed by atoms with Gasteiger partial charge in [0.2, 0.25) is 10.0 Å². The van der Waals surface area contributed by atoms with Gasteiger partial charge in [0.1, 0.15) is 0 Å². The maximum absolute atomic E-state index is 13.2. The molecule has 0 saturated carbocycles. The second-order valence-electron chi connectivity index (χ2n) is 6.86. The van der Waals surface area contributed by atoms with Gasteiger partial charge >= 0.3 is 0 Å². The molecule has 0 atom stereocenters. The zero-order chi connectivity index (χ0) is 17.8. The topological polar surface area (TPSA) is 42.3 Å². The summed E-state index contributed by atoms with van der Waals surface area (Å²) in [7, 11) is -1.46. The van der Waals surface area contributed by atoms with Gasteiger partial charge in [0.15, 0.2) is 0 Å². The third-order valence-corrected chi connectivity index (χ3v) is 7.23. The Morgan fingerprint density at radius 1 is 1.04 bits per heavy atom. The van der Waals surface area contributed by atoms with E-state index in [2.05, 4.69) is 16.7 Å². The van der Waals surface area contributed by atoms with Crippen LogP contribution in [0, 0.1) is 13.8 Å². The lowest BCUT2D eigenvalue weighted by molar-refractivity contribution is 0.382. The Hall–Kier alpha value is -2.11. The summed E-state index contributed by atoms with van der Waals surface area (Å²) in [6.45, 7) is 4.80. The summed E-state index contributed by atoms with van der Waals surface area (Å²) in [5.74, 6) is 0. The van der Waals surface area contributed by atoms with Crippen LogP contribution in [0.2, 0.25) is 0 Å². The molecule has 4 rings (SSSR count). The third-order valence-electron chi connectivity index (χ3n) is 5.23. The minimum absolute atomic E-state index is 0.417. The molecule has 0 amide bonds.